The molecule has 0 amide bonds. The van der Waals surface area contributed by atoms with Crippen LogP contribution >= 0.6 is 0 Å². The number of rotatable bonds is 1. The fourth-order valence-corrected chi connectivity index (χ4v) is 0.859. The Morgan fingerprint density at radius 1 is 1.38 bits per heavy atom. The summed E-state index contributed by atoms with van der Waals surface area (Å²) in [6.07, 6.45) is 1.57. The van der Waals surface area contributed by atoms with E-state index in [1.807, 2.05) is 24.4 Å². The van der Waals surface area contributed by atoms with Gasteiger partial charge >= 0.3 is 0 Å². The van der Waals surface area contributed by atoms with Crippen LogP contribution in [0.15, 0.2) is 24.4 Å². The topological polar surface area (TPSA) is 45.9 Å². The molecular weight excluding hydrogens is 200 g/mol. The van der Waals surface area contributed by atoms with Crippen molar-refractivity contribution in [1.82, 2.24) is 4.98 Å². The Bertz CT molecular complexity index is 322. The third kappa shape index (κ3) is 6.15. The number of hydrogen-bond acceptors (Lipinski definition) is 3. The van der Waals surface area contributed by atoms with Gasteiger partial charge in [-0.25, -0.2) is 0 Å². The normalized spacial score (nSPS) is 12.0. The second-order valence-corrected chi connectivity index (χ2v) is 4.47. The summed E-state index contributed by atoms with van der Waals surface area (Å²) >= 11 is 0. The zero-order valence-electron chi connectivity index (χ0n) is 10.7. The van der Waals surface area contributed by atoms with E-state index in [9.17, 15) is 0 Å². The van der Waals surface area contributed by atoms with E-state index in [0.29, 0.717) is 0 Å². The molecule has 0 radical (unpaired) electrons. The Labute approximate surface area is 98.1 Å². The number of methoxy groups -OCH3 is 1. The largest absolute Gasteiger partial charge is 0.367 e. The zero-order chi connectivity index (χ0) is 12.6. The van der Waals surface area contributed by atoms with Gasteiger partial charge in [-0.05, 0) is 19.1 Å². The van der Waals surface area contributed by atoms with E-state index < -0.39 is 0 Å². The molecule has 0 saturated heterocycles. The molecule has 3 heteroatoms. The van der Waals surface area contributed by atoms with Crippen molar-refractivity contribution in [3.8, 4) is 6.07 Å². The molecule has 0 bridgehead atoms. The maximum absolute atomic E-state index is 7.96. The van der Waals surface area contributed by atoms with E-state index in [-0.39, 0.29) is 11.5 Å². The van der Waals surface area contributed by atoms with E-state index >= 15 is 0 Å². The maximum atomic E-state index is 7.96. The van der Waals surface area contributed by atoms with Crippen molar-refractivity contribution in [3.63, 3.8) is 0 Å². The number of hydrogen-bond donors (Lipinski definition) is 0. The molecule has 0 aliphatic carbocycles. The predicted octanol–water partition coefficient (Wildman–Crippen LogP) is 2.92. The fraction of sp³-hybridized carbons (Fsp3) is 0.538. The first-order chi connectivity index (χ1) is 7.41. The van der Waals surface area contributed by atoms with Crippen LogP contribution in [0.3, 0.4) is 0 Å². The Morgan fingerprint density at radius 3 is 2.19 bits per heavy atom. The van der Waals surface area contributed by atoms with Crippen LogP contribution in [0.25, 0.3) is 0 Å². The van der Waals surface area contributed by atoms with Crippen molar-refractivity contribution < 1.29 is 4.74 Å². The lowest BCUT2D eigenvalue weighted by molar-refractivity contribution is 0.162. The fourth-order valence-electron chi connectivity index (χ4n) is 0.859. The smallest absolute Gasteiger partial charge is 0.140 e. The molecule has 0 aliphatic heterocycles. The van der Waals surface area contributed by atoms with E-state index in [1.54, 1.807) is 6.92 Å². The monoisotopic (exact) mass is 220 g/mol. The second-order valence-electron chi connectivity index (χ2n) is 4.47. The summed E-state index contributed by atoms with van der Waals surface area (Å²) in [5.41, 5.74) is 1.33. The summed E-state index contributed by atoms with van der Waals surface area (Å²) in [5.74, 6) is 0. The predicted molar refractivity (Wildman–Crippen MR) is 65.0 cm³/mol. The van der Waals surface area contributed by atoms with E-state index in [2.05, 4.69) is 36.6 Å². The second kappa shape index (κ2) is 6.97. The maximum Gasteiger partial charge on any atom is 0.140 e. The van der Waals surface area contributed by atoms with Gasteiger partial charge in [-0.2, -0.15) is 5.26 Å². The quantitative estimate of drug-likeness (QED) is 0.731. The van der Waals surface area contributed by atoms with Gasteiger partial charge in [0.05, 0.1) is 6.07 Å². The molecule has 0 spiro atoms. The molecule has 0 N–H and O–H groups in total. The Balaban J connectivity index is 0.000000325. The summed E-state index contributed by atoms with van der Waals surface area (Å²) in [6.45, 7) is 8.18. The van der Waals surface area contributed by atoms with Gasteiger partial charge in [-0.3, -0.25) is 4.98 Å². The van der Waals surface area contributed by atoms with Crippen LogP contribution in [-0.4, -0.2) is 18.2 Å². The number of ether oxygens (including phenoxy) is 1. The first-order valence-electron chi connectivity index (χ1n) is 5.25. The van der Waals surface area contributed by atoms with Crippen molar-refractivity contribution >= 4 is 0 Å². The van der Waals surface area contributed by atoms with Gasteiger partial charge in [0.15, 0.2) is 0 Å². The van der Waals surface area contributed by atoms with Crippen molar-refractivity contribution in [2.75, 3.05) is 7.11 Å². The highest BCUT2D eigenvalue weighted by atomic mass is 16.5. The highest BCUT2D eigenvalue weighted by Crippen LogP contribution is 2.18. The minimum atomic E-state index is -0.259. The van der Waals surface area contributed by atoms with E-state index in [0.717, 1.165) is 5.69 Å². The summed E-state index contributed by atoms with van der Waals surface area (Å²) in [6, 6.07) is 7.91. The van der Waals surface area contributed by atoms with E-state index in [1.165, 1.54) is 7.11 Å². The van der Waals surface area contributed by atoms with Gasteiger partial charge in [-0.15, -0.1) is 0 Å². The molecular formula is C13H20N2O. The van der Waals surface area contributed by atoms with Crippen molar-refractivity contribution in [1.29, 1.82) is 5.26 Å². The molecule has 1 unspecified atom stereocenters. The van der Waals surface area contributed by atoms with Gasteiger partial charge in [0.1, 0.15) is 6.10 Å². The molecule has 0 fully saturated rings. The van der Waals surface area contributed by atoms with E-state index in [4.69, 9.17) is 5.26 Å². The zero-order valence-corrected chi connectivity index (χ0v) is 10.7. The van der Waals surface area contributed by atoms with Crippen molar-refractivity contribution in [2.45, 2.75) is 39.2 Å². The van der Waals surface area contributed by atoms with Gasteiger partial charge in [0, 0.05) is 24.4 Å². The lowest BCUT2D eigenvalue weighted by Crippen LogP contribution is -2.12. The average Bonchev–Trinajstić information content (AvgIpc) is 2.29. The van der Waals surface area contributed by atoms with Gasteiger partial charge < -0.3 is 4.74 Å². The first-order valence-corrected chi connectivity index (χ1v) is 5.25. The van der Waals surface area contributed by atoms with Crippen LogP contribution in [0.4, 0.5) is 0 Å². The molecule has 3 nitrogen and oxygen atoms in total. The summed E-state index contributed by atoms with van der Waals surface area (Å²) < 4.78 is 4.54. The van der Waals surface area contributed by atoms with Gasteiger partial charge in [0.25, 0.3) is 0 Å². The molecule has 0 aliphatic rings. The lowest BCUT2D eigenvalue weighted by atomic mass is 9.92. The van der Waals surface area contributed by atoms with Gasteiger partial charge in [0.2, 0.25) is 0 Å². The molecule has 1 rings (SSSR count). The molecule has 1 aromatic heterocycles. The minimum absolute atomic E-state index is 0.182. The minimum Gasteiger partial charge on any atom is -0.367 e. The number of nitrogens with zero attached hydrogens (tertiary/aromatic N) is 2. The molecule has 0 saturated carbocycles. The first kappa shape index (κ1) is 14.6. The van der Waals surface area contributed by atoms with Crippen LogP contribution < -0.4 is 0 Å². The standard InChI is InChI=1S/C9H13N.C4H7NO/c1-9(2,3)8-6-4-5-7-10-8;1-4(3-5)6-2/h4-7H,1-3H3;4H,1-2H3. The summed E-state index contributed by atoms with van der Waals surface area (Å²) in [7, 11) is 1.51. The molecule has 16 heavy (non-hydrogen) atoms. The lowest BCUT2D eigenvalue weighted by Gasteiger charge is -2.16. The SMILES string of the molecule is CC(C)(C)c1ccccn1.COC(C)C#N. The molecule has 1 heterocycles. The highest BCUT2D eigenvalue weighted by Gasteiger charge is 2.13. The van der Waals surface area contributed by atoms with Crippen molar-refractivity contribution in [3.05, 3.63) is 30.1 Å². The molecule has 0 aromatic carbocycles. The van der Waals surface area contributed by atoms with Crippen LogP contribution in [0.1, 0.15) is 33.4 Å². The number of nitriles is 1. The van der Waals surface area contributed by atoms with Crippen molar-refractivity contribution in [2.24, 2.45) is 0 Å². The Kier molecular flexibility index (Phi) is 6.36. The summed E-state index contributed by atoms with van der Waals surface area (Å²) in [4.78, 5) is 4.25. The molecule has 88 valence electrons. The Morgan fingerprint density at radius 2 is 2.00 bits per heavy atom. The summed E-state index contributed by atoms with van der Waals surface area (Å²) in [5, 5.41) is 7.96. The van der Waals surface area contributed by atoms with Gasteiger partial charge in [-0.1, -0.05) is 26.8 Å². The van der Waals surface area contributed by atoms with Crippen LogP contribution in [0.2, 0.25) is 0 Å². The number of aromatic nitrogens is 1. The third-order valence-corrected chi connectivity index (χ3v) is 1.97. The van der Waals surface area contributed by atoms with Crippen LogP contribution in [-0.2, 0) is 10.2 Å². The average molecular weight is 220 g/mol. The highest BCUT2D eigenvalue weighted by molar-refractivity contribution is 5.12. The third-order valence-electron chi connectivity index (χ3n) is 1.97. The van der Waals surface area contributed by atoms with Crippen LogP contribution in [0.5, 0.6) is 0 Å². The number of pyridine rings is 1. The molecule has 1 aromatic rings. The van der Waals surface area contributed by atoms with Crippen LogP contribution in [0, 0.1) is 11.3 Å². The Hall–Kier alpha value is -1.40. The molecule has 1 atom stereocenters.